The number of benzene rings is 2. The van der Waals surface area contributed by atoms with E-state index in [9.17, 15) is 22.7 Å². The zero-order valence-corrected chi connectivity index (χ0v) is 11.0. The molecule has 112 valence electrons. The lowest BCUT2D eigenvalue weighted by Gasteiger charge is -2.14. The van der Waals surface area contributed by atoms with Gasteiger partial charge in [0.1, 0.15) is 29.0 Å². The van der Waals surface area contributed by atoms with Gasteiger partial charge in [0.25, 0.3) is 0 Å². The summed E-state index contributed by atoms with van der Waals surface area (Å²) in [7, 11) is 1.25. The molecule has 0 amide bonds. The molecule has 0 saturated carbocycles. The Labute approximate surface area is 118 Å². The Balaban J connectivity index is 2.30. The first-order chi connectivity index (χ1) is 9.92. The third-order valence-corrected chi connectivity index (χ3v) is 3.05. The van der Waals surface area contributed by atoms with Crippen molar-refractivity contribution in [3.05, 3.63) is 64.7 Å². The van der Waals surface area contributed by atoms with Crippen molar-refractivity contribution in [2.24, 2.45) is 0 Å². The number of aliphatic hydroxyl groups excluding tert-OH is 1. The maximum Gasteiger partial charge on any atom is 0.135 e. The molecule has 2 aromatic rings. The molecular weight excluding hydrogens is 288 g/mol. The van der Waals surface area contributed by atoms with Crippen LogP contribution in [0.25, 0.3) is 0 Å². The van der Waals surface area contributed by atoms with Crippen LogP contribution < -0.4 is 4.74 Å². The molecule has 1 atom stereocenters. The van der Waals surface area contributed by atoms with Gasteiger partial charge in [-0.15, -0.1) is 0 Å². The molecule has 6 heteroatoms. The maximum atomic E-state index is 13.8. The predicted molar refractivity (Wildman–Crippen MR) is 67.9 cm³/mol. The molecule has 0 heterocycles. The first kappa shape index (κ1) is 15.3. The second kappa shape index (κ2) is 6.13. The van der Waals surface area contributed by atoms with Crippen molar-refractivity contribution >= 4 is 0 Å². The molecule has 1 N–H and O–H groups in total. The molecule has 0 fully saturated rings. The highest BCUT2D eigenvalue weighted by atomic mass is 19.1. The topological polar surface area (TPSA) is 29.5 Å². The molecule has 0 aliphatic heterocycles. The first-order valence-electron chi connectivity index (χ1n) is 6.07. The monoisotopic (exact) mass is 300 g/mol. The molecule has 0 spiro atoms. The van der Waals surface area contributed by atoms with Crippen molar-refractivity contribution in [2.75, 3.05) is 7.11 Å². The highest BCUT2D eigenvalue weighted by Crippen LogP contribution is 2.28. The third-order valence-electron chi connectivity index (χ3n) is 3.05. The van der Waals surface area contributed by atoms with Crippen molar-refractivity contribution in [2.45, 2.75) is 12.5 Å². The van der Waals surface area contributed by atoms with E-state index in [-0.39, 0.29) is 17.7 Å². The Hall–Kier alpha value is -2.08. The summed E-state index contributed by atoms with van der Waals surface area (Å²) in [6.07, 6.45) is -1.98. The zero-order chi connectivity index (χ0) is 15.6. The summed E-state index contributed by atoms with van der Waals surface area (Å²) < 4.78 is 58.5. The van der Waals surface area contributed by atoms with E-state index in [4.69, 9.17) is 4.74 Å². The number of hydrogen-bond donors (Lipinski definition) is 1. The summed E-state index contributed by atoms with van der Waals surface area (Å²) in [5, 5.41) is 9.91. The molecular formula is C15H12F4O2. The van der Waals surface area contributed by atoms with E-state index in [1.807, 2.05) is 0 Å². The molecule has 2 nitrogen and oxygen atoms in total. The Morgan fingerprint density at radius 3 is 2.14 bits per heavy atom. The minimum absolute atomic E-state index is 0.0334. The van der Waals surface area contributed by atoms with Crippen LogP contribution in [0.15, 0.2) is 30.3 Å². The van der Waals surface area contributed by atoms with E-state index in [1.165, 1.54) is 7.11 Å². The Morgan fingerprint density at radius 2 is 1.62 bits per heavy atom. The van der Waals surface area contributed by atoms with E-state index in [0.717, 1.165) is 24.3 Å². The van der Waals surface area contributed by atoms with E-state index in [1.54, 1.807) is 0 Å². The Bertz CT molecular complexity index is 635. The number of hydrogen-bond acceptors (Lipinski definition) is 2. The van der Waals surface area contributed by atoms with E-state index in [2.05, 4.69) is 0 Å². The zero-order valence-electron chi connectivity index (χ0n) is 11.0. The molecule has 0 aromatic heterocycles. The molecule has 0 saturated heterocycles. The van der Waals surface area contributed by atoms with Gasteiger partial charge in [-0.1, -0.05) is 6.07 Å². The summed E-state index contributed by atoms with van der Waals surface area (Å²) in [5.74, 6) is -3.69. The maximum absolute atomic E-state index is 13.8. The van der Waals surface area contributed by atoms with Crippen molar-refractivity contribution in [1.82, 2.24) is 0 Å². The summed E-state index contributed by atoms with van der Waals surface area (Å²) >= 11 is 0. The van der Waals surface area contributed by atoms with Gasteiger partial charge in [-0.2, -0.15) is 0 Å². The first-order valence-corrected chi connectivity index (χ1v) is 6.07. The average Bonchev–Trinajstić information content (AvgIpc) is 2.41. The molecule has 2 rings (SSSR count). The number of halogens is 4. The van der Waals surface area contributed by atoms with Crippen LogP contribution in [0.5, 0.6) is 5.75 Å². The van der Waals surface area contributed by atoms with E-state index in [0.29, 0.717) is 6.07 Å². The van der Waals surface area contributed by atoms with Crippen molar-refractivity contribution in [3.8, 4) is 5.75 Å². The summed E-state index contributed by atoms with van der Waals surface area (Å²) in [6, 6.07) is 4.60. The minimum Gasteiger partial charge on any atom is -0.497 e. The number of methoxy groups -OCH3 is 1. The highest BCUT2D eigenvalue weighted by molar-refractivity contribution is 5.33. The van der Waals surface area contributed by atoms with E-state index >= 15 is 0 Å². The molecule has 1 unspecified atom stereocenters. The lowest BCUT2D eigenvalue weighted by Crippen LogP contribution is -2.09. The molecule has 21 heavy (non-hydrogen) atoms. The average molecular weight is 300 g/mol. The molecule has 2 aromatic carbocycles. The Kier molecular flexibility index (Phi) is 4.47. The van der Waals surface area contributed by atoms with Crippen LogP contribution in [0.1, 0.15) is 17.2 Å². The van der Waals surface area contributed by atoms with Crippen LogP contribution in [0.2, 0.25) is 0 Å². The van der Waals surface area contributed by atoms with Crippen LogP contribution in [0.4, 0.5) is 17.6 Å². The second-order valence-electron chi connectivity index (χ2n) is 4.46. The lowest BCUT2D eigenvalue weighted by atomic mass is 10.00. The summed E-state index contributed by atoms with van der Waals surface area (Å²) in [4.78, 5) is 0. The fourth-order valence-electron chi connectivity index (χ4n) is 1.99. The SMILES string of the molecule is COc1cc(F)c(C(O)Cc2ccc(F)cc2F)c(F)c1. The number of ether oxygens (including phenoxy) is 1. The van der Waals surface area contributed by atoms with Crippen LogP contribution in [0.3, 0.4) is 0 Å². The van der Waals surface area contributed by atoms with Gasteiger partial charge in [0.15, 0.2) is 0 Å². The van der Waals surface area contributed by atoms with Gasteiger partial charge in [0.05, 0.1) is 18.8 Å². The van der Waals surface area contributed by atoms with Crippen molar-refractivity contribution in [3.63, 3.8) is 0 Å². The standard InChI is InChI=1S/C15H12F4O2/c1-21-10-6-12(18)15(13(19)7-10)14(20)4-8-2-3-9(16)5-11(8)17/h2-3,5-7,14,20H,4H2,1H3. The quantitative estimate of drug-likeness (QED) is 0.875. The minimum atomic E-state index is -1.60. The number of rotatable bonds is 4. The van der Waals surface area contributed by atoms with Crippen molar-refractivity contribution < 1.29 is 27.4 Å². The molecule has 0 aliphatic carbocycles. The molecule has 0 aliphatic rings. The third kappa shape index (κ3) is 3.33. The fraction of sp³-hybridized carbons (Fsp3) is 0.200. The number of aliphatic hydroxyl groups is 1. The molecule has 0 bridgehead atoms. The van der Waals surface area contributed by atoms with E-state index < -0.39 is 34.9 Å². The predicted octanol–water partition coefficient (Wildman–Crippen LogP) is 3.53. The molecule has 0 radical (unpaired) electrons. The summed E-state index contributed by atoms with van der Waals surface area (Å²) in [6.45, 7) is 0. The van der Waals surface area contributed by atoms with Gasteiger partial charge in [-0.3, -0.25) is 0 Å². The smallest absolute Gasteiger partial charge is 0.135 e. The second-order valence-corrected chi connectivity index (χ2v) is 4.46. The Morgan fingerprint density at radius 1 is 1.00 bits per heavy atom. The van der Waals surface area contributed by atoms with Crippen LogP contribution in [-0.4, -0.2) is 12.2 Å². The van der Waals surface area contributed by atoms with Gasteiger partial charge in [0.2, 0.25) is 0 Å². The normalized spacial score (nSPS) is 12.3. The van der Waals surface area contributed by atoms with Gasteiger partial charge < -0.3 is 9.84 Å². The van der Waals surface area contributed by atoms with Gasteiger partial charge in [-0.25, -0.2) is 17.6 Å². The van der Waals surface area contributed by atoms with Gasteiger partial charge in [-0.05, 0) is 11.6 Å². The largest absolute Gasteiger partial charge is 0.497 e. The summed E-state index contributed by atoms with van der Waals surface area (Å²) in [5.41, 5.74) is -0.627. The van der Waals surface area contributed by atoms with Gasteiger partial charge in [0, 0.05) is 24.6 Å². The van der Waals surface area contributed by atoms with Crippen LogP contribution in [-0.2, 0) is 6.42 Å². The fourth-order valence-corrected chi connectivity index (χ4v) is 1.99. The van der Waals surface area contributed by atoms with Crippen LogP contribution in [0, 0.1) is 23.3 Å². The van der Waals surface area contributed by atoms with Crippen LogP contribution >= 0.6 is 0 Å². The lowest BCUT2D eigenvalue weighted by molar-refractivity contribution is 0.166. The van der Waals surface area contributed by atoms with Crippen molar-refractivity contribution in [1.29, 1.82) is 0 Å². The van der Waals surface area contributed by atoms with Gasteiger partial charge >= 0.3 is 0 Å². The highest BCUT2D eigenvalue weighted by Gasteiger charge is 2.21.